The third-order valence-corrected chi connectivity index (χ3v) is 3.64. The Morgan fingerprint density at radius 2 is 2.13 bits per heavy atom. The van der Waals surface area contributed by atoms with Crippen molar-refractivity contribution in [3.05, 3.63) is 70.5 Å². The van der Waals surface area contributed by atoms with Gasteiger partial charge in [0.1, 0.15) is 11.6 Å². The van der Waals surface area contributed by atoms with Gasteiger partial charge in [-0.15, -0.1) is 0 Å². The maximum atomic E-state index is 13.2. The van der Waals surface area contributed by atoms with E-state index in [1.807, 2.05) is 0 Å². The van der Waals surface area contributed by atoms with Crippen molar-refractivity contribution in [2.45, 2.75) is 12.6 Å². The molecule has 1 heterocycles. The lowest BCUT2D eigenvalue weighted by Gasteiger charge is -2.14. The Morgan fingerprint density at radius 3 is 2.91 bits per heavy atom. The predicted molar refractivity (Wildman–Crippen MR) is 83.9 cm³/mol. The average molecular weight is 314 g/mol. The average Bonchev–Trinajstić information content (AvgIpc) is 2.57. The Labute approximate surface area is 131 Å². The summed E-state index contributed by atoms with van der Waals surface area (Å²) in [6.07, 6.45) is 0.426. The van der Waals surface area contributed by atoms with E-state index in [2.05, 4.69) is 4.98 Å². The first-order chi connectivity index (χ1) is 11.1. The topological polar surface area (TPSA) is 64.3 Å². The minimum atomic E-state index is -0.887. The molecule has 0 saturated carbocycles. The van der Waals surface area contributed by atoms with Gasteiger partial charge in [0.2, 0.25) is 0 Å². The summed E-state index contributed by atoms with van der Waals surface area (Å²) >= 11 is 0. The van der Waals surface area contributed by atoms with Crippen LogP contribution >= 0.6 is 0 Å². The molecule has 1 atom stereocenters. The number of hydrogen-bond donors (Lipinski definition) is 1. The summed E-state index contributed by atoms with van der Waals surface area (Å²) in [5.74, 6) is 0.180. The highest BCUT2D eigenvalue weighted by Crippen LogP contribution is 2.20. The molecule has 2 aromatic carbocycles. The molecule has 23 heavy (non-hydrogen) atoms. The number of methoxy groups -OCH3 is 1. The van der Waals surface area contributed by atoms with Crippen molar-refractivity contribution in [3.8, 4) is 5.75 Å². The molecule has 118 valence electrons. The van der Waals surface area contributed by atoms with E-state index >= 15 is 0 Å². The summed E-state index contributed by atoms with van der Waals surface area (Å²) in [6.45, 7) is 0.0479. The molecule has 0 radical (unpaired) electrons. The summed E-state index contributed by atoms with van der Waals surface area (Å²) in [5.41, 5.74) is 0.606. The van der Waals surface area contributed by atoms with Crippen molar-refractivity contribution in [3.63, 3.8) is 0 Å². The Morgan fingerprint density at radius 1 is 1.30 bits per heavy atom. The molecular formula is C17H15FN2O3. The lowest BCUT2D eigenvalue weighted by Crippen LogP contribution is -2.23. The van der Waals surface area contributed by atoms with E-state index in [9.17, 15) is 14.3 Å². The highest BCUT2D eigenvalue weighted by Gasteiger charge is 2.12. The lowest BCUT2D eigenvalue weighted by atomic mass is 10.1. The molecule has 3 rings (SSSR count). The molecule has 3 aromatic rings. The van der Waals surface area contributed by atoms with Crippen LogP contribution in [0.3, 0.4) is 0 Å². The quantitative estimate of drug-likeness (QED) is 0.802. The first kappa shape index (κ1) is 15.2. The summed E-state index contributed by atoms with van der Waals surface area (Å²) in [5, 5.41) is 10.6. The van der Waals surface area contributed by atoms with Crippen LogP contribution in [0.1, 0.15) is 11.7 Å². The Balaban J connectivity index is 1.93. The highest BCUT2D eigenvalue weighted by molar-refractivity contribution is 5.77. The predicted octanol–water partition coefficient (Wildman–Crippen LogP) is 2.28. The van der Waals surface area contributed by atoms with E-state index in [1.54, 1.807) is 31.4 Å². The van der Waals surface area contributed by atoms with Crippen LogP contribution in [-0.2, 0) is 6.54 Å². The van der Waals surface area contributed by atoms with Crippen molar-refractivity contribution < 1.29 is 14.2 Å². The van der Waals surface area contributed by atoms with Crippen LogP contribution in [0.4, 0.5) is 4.39 Å². The van der Waals surface area contributed by atoms with Crippen molar-refractivity contribution in [2.75, 3.05) is 7.11 Å². The Kier molecular flexibility index (Phi) is 4.08. The van der Waals surface area contributed by atoms with Gasteiger partial charge in [-0.25, -0.2) is 9.37 Å². The van der Waals surface area contributed by atoms with Gasteiger partial charge in [-0.2, -0.15) is 0 Å². The van der Waals surface area contributed by atoms with E-state index in [0.717, 1.165) is 0 Å². The number of rotatable bonds is 4. The summed E-state index contributed by atoms with van der Waals surface area (Å²) in [7, 11) is 1.54. The summed E-state index contributed by atoms with van der Waals surface area (Å²) in [6, 6.07) is 10.8. The highest BCUT2D eigenvalue weighted by atomic mass is 19.1. The third-order valence-electron chi connectivity index (χ3n) is 3.64. The smallest absolute Gasteiger partial charge is 0.261 e. The molecule has 0 saturated heterocycles. The normalized spacial score (nSPS) is 12.3. The van der Waals surface area contributed by atoms with Crippen LogP contribution in [-0.4, -0.2) is 21.8 Å². The van der Waals surface area contributed by atoms with E-state index in [4.69, 9.17) is 4.74 Å². The van der Waals surface area contributed by atoms with Crippen LogP contribution in [0, 0.1) is 5.82 Å². The number of fused-ring (bicyclic) bond motifs is 1. The second-order valence-electron chi connectivity index (χ2n) is 5.16. The molecule has 0 bridgehead atoms. The molecule has 0 fully saturated rings. The number of benzene rings is 2. The second kappa shape index (κ2) is 6.18. The fraction of sp³-hybridized carbons (Fsp3) is 0.176. The molecule has 0 amide bonds. The van der Waals surface area contributed by atoms with E-state index in [-0.39, 0.29) is 12.1 Å². The molecule has 0 aliphatic carbocycles. The van der Waals surface area contributed by atoms with Gasteiger partial charge in [0.15, 0.2) is 0 Å². The number of ether oxygens (including phenoxy) is 1. The minimum Gasteiger partial charge on any atom is -0.497 e. The molecular weight excluding hydrogens is 299 g/mol. The van der Waals surface area contributed by atoms with Gasteiger partial charge in [-0.3, -0.25) is 9.36 Å². The Bertz CT molecular complexity index is 908. The van der Waals surface area contributed by atoms with Gasteiger partial charge >= 0.3 is 0 Å². The third kappa shape index (κ3) is 3.07. The van der Waals surface area contributed by atoms with Crippen molar-refractivity contribution in [1.29, 1.82) is 0 Å². The fourth-order valence-corrected chi connectivity index (χ4v) is 2.40. The molecule has 5 nitrogen and oxygen atoms in total. The monoisotopic (exact) mass is 314 g/mol. The van der Waals surface area contributed by atoms with Crippen LogP contribution in [0.15, 0.2) is 53.6 Å². The van der Waals surface area contributed by atoms with Gasteiger partial charge in [0, 0.05) is 6.07 Å². The summed E-state index contributed by atoms with van der Waals surface area (Å²) in [4.78, 5) is 16.5. The van der Waals surface area contributed by atoms with Gasteiger partial charge in [-0.1, -0.05) is 12.1 Å². The molecule has 1 N–H and O–H groups in total. The molecule has 1 aromatic heterocycles. The van der Waals surface area contributed by atoms with Crippen molar-refractivity contribution in [2.24, 2.45) is 0 Å². The number of aliphatic hydroxyl groups is 1. The molecule has 0 aliphatic rings. The van der Waals surface area contributed by atoms with E-state index in [0.29, 0.717) is 22.2 Å². The number of hydrogen-bond acceptors (Lipinski definition) is 4. The molecule has 0 aliphatic heterocycles. The second-order valence-corrected chi connectivity index (χ2v) is 5.16. The van der Waals surface area contributed by atoms with E-state index < -0.39 is 11.9 Å². The van der Waals surface area contributed by atoms with Crippen molar-refractivity contribution >= 4 is 10.9 Å². The zero-order chi connectivity index (χ0) is 16.4. The molecule has 6 heteroatoms. The minimum absolute atomic E-state index is 0.0479. The number of nitrogens with zero attached hydrogens (tertiary/aromatic N) is 2. The van der Waals surface area contributed by atoms with Crippen LogP contribution < -0.4 is 10.3 Å². The fourth-order valence-electron chi connectivity index (χ4n) is 2.40. The standard InChI is InChI=1S/C17H15FN2O3/c1-23-13-4-2-3-11(7-13)16(21)9-20-10-19-15-8-12(18)5-6-14(15)17(20)22/h2-8,10,16,21H,9H2,1H3. The van der Waals surface area contributed by atoms with Gasteiger partial charge in [0.25, 0.3) is 5.56 Å². The zero-order valence-corrected chi connectivity index (χ0v) is 12.4. The SMILES string of the molecule is COc1cccc(C(O)Cn2cnc3cc(F)ccc3c2=O)c1. The van der Waals surface area contributed by atoms with Crippen LogP contribution in [0.25, 0.3) is 10.9 Å². The maximum Gasteiger partial charge on any atom is 0.261 e. The van der Waals surface area contributed by atoms with Crippen LogP contribution in [0.2, 0.25) is 0 Å². The van der Waals surface area contributed by atoms with E-state index in [1.165, 1.54) is 29.1 Å². The first-order valence-electron chi connectivity index (χ1n) is 7.05. The van der Waals surface area contributed by atoms with Crippen LogP contribution in [0.5, 0.6) is 5.75 Å². The number of aliphatic hydroxyl groups excluding tert-OH is 1. The zero-order valence-electron chi connectivity index (χ0n) is 12.4. The lowest BCUT2D eigenvalue weighted by molar-refractivity contribution is 0.154. The van der Waals surface area contributed by atoms with Gasteiger partial charge < -0.3 is 9.84 Å². The Hall–Kier alpha value is -2.73. The number of halogens is 1. The van der Waals surface area contributed by atoms with Crippen molar-refractivity contribution in [1.82, 2.24) is 9.55 Å². The number of aromatic nitrogens is 2. The maximum absolute atomic E-state index is 13.2. The molecule has 1 unspecified atom stereocenters. The van der Waals surface area contributed by atoms with Gasteiger partial charge in [-0.05, 0) is 29.8 Å². The van der Waals surface area contributed by atoms with Gasteiger partial charge in [0.05, 0.1) is 37.0 Å². The molecule has 0 spiro atoms. The largest absolute Gasteiger partial charge is 0.497 e. The first-order valence-corrected chi connectivity index (χ1v) is 7.05. The summed E-state index contributed by atoms with van der Waals surface area (Å²) < 4.78 is 19.6.